The first-order valence-corrected chi connectivity index (χ1v) is 9.41. The standard InChI is InChI=1S/C21H30N4O/c1-14(2)18-10-19(24-20(23-18)22-15(3)13-26)25-12-17-9-7-6-8-16(17)11-21(25,4)5/h6-10,14-15,26H,11-13H2,1-5H3,(H,22,23,24)/t15-/m1/s1. The third-order valence-electron chi connectivity index (χ3n) is 5.05. The number of hydrogen-bond acceptors (Lipinski definition) is 5. The molecule has 5 nitrogen and oxygen atoms in total. The summed E-state index contributed by atoms with van der Waals surface area (Å²) in [5.74, 6) is 1.83. The summed E-state index contributed by atoms with van der Waals surface area (Å²) in [7, 11) is 0. The van der Waals surface area contributed by atoms with Gasteiger partial charge in [-0.2, -0.15) is 4.98 Å². The number of anilines is 2. The molecule has 1 aliphatic heterocycles. The minimum absolute atomic E-state index is 0.0309. The third-order valence-corrected chi connectivity index (χ3v) is 5.05. The Balaban J connectivity index is 2.01. The molecule has 0 saturated heterocycles. The smallest absolute Gasteiger partial charge is 0.225 e. The first kappa shape index (κ1) is 18.6. The molecule has 0 aliphatic carbocycles. The van der Waals surface area contributed by atoms with Gasteiger partial charge in [0.1, 0.15) is 5.82 Å². The van der Waals surface area contributed by atoms with Crippen LogP contribution in [0.2, 0.25) is 0 Å². The van der Waals surface area contributed by atoms with E-state index in [9.17, 15) is 5.11 Å². The van der Waals surface area contributed by atoms with Crippen molar-refractivity contribution in [1.82, 2.24) is 9.97 Å². The van der Waals surface area contributed by atoms with Crippen molar-refractivity contribution in [3.63, 3.8) is 0 Å². The molecule has 0 fully saturated rings. The average Bonchev–Trinajstić information content (AvgIpc) is 2.59. The van der Waals surface area contributed by atoms with Crippen LogP contribution in [0.3, 0.4) is 0 Å². The van der Waals surface area contributed by atoms with E-state index in [-0.39, 0.29) is 18.2 Å². The number of aliphatic hydroxyl groups is 1. The Morgan fingerprint density at radius 3 is 2.50 bits per heavy atom. The second kappa shape index (κ2) is 7.23. The summed E-state index contributed by atoms with van der Waals surface area (Å²) < 4.78 is 0. The van der Waals surface area contributed by atoms with Gasteiger partial charge in [-0.05, 0) is 44.2 Å². The summed E-state index contributed by atoms with van der Waals surface area (Å²) in [6.07, 6.45) is 0.986. The van der Waals surface area contributed by atoms with E-state index in [1.807, 2.05) is 6.92 Å². The van der Waals surface area contributed by atoms with Crippen molar-refractivity contribution in [3.05, 3.63) is 47.2 Å². The second-order valence-electron chi connectivity index (χ2n) is 8.20. The van der Waals surface area contributed by atoms with Crippen LogP contribution in [0.1, 0.15) is 57.4 Å². The second-order valence-corrected chi connectivity index (χ2v) is 8.20. The highest BCUT2D eigenvalue weighted by atomic mass is 16.3. The Morgan fingerprint density at radius 2 is 1.85 bits per heavy atom. The van der Waals surface area contributed by atoms with Gasteiger partial charge in [-0.3, -0.25) is 0 Å². The Morgan fingerprint density at radius 1 is 1.15 bits per heavy atom. The van der Waals surface area contributed by atoms with Crippen LogP contribution in [0.15, 0.2) is 30.3 Å². The van der Waals surface area contributed by atoms with Gasteiger partial charge in [-0.15, -0.1) is 0 Å². The molecule has 3 rings (SSSR count). The molecule has 2 aromatic rings. The van der Waals surface area contributed by atoms with Crippen molar-refractivity contribution >= 4 is 11.8 Å². The van der Waals surface area contributed by atoms with Gasteiger partial charge >= 0.3 is 0 Å². The number of hydrogen-bond donors (Lipinski definition) is 2. The molecule has 140 valence electrons. The van der Waals surface area contributed by atoms with Crippen LogP contribution in [0.4, 0.5) is 11.8 Å². The first-order valence-electron chi connectivity index (χ1n) is 9.41. The van der Waals surface area contributed by atoms with Crippen LogP contribution >= 0.6 is 0 Å². The van der Waals surface area contributed by atoms with Gasteiger partial charge in [0.05, 0.1) is 12.3 Å². The molecule has 0 bridgehead atoms. The van der Waals surface area contributed by atoms with E-state index in [0.717, 1.165) is 24.5 Å². The lowest BCUT2D eigenvalue weighted by atomic mass is 9.85. The van der Waals surface area contributed by atoms with E-state index in [0.29, 0.717) is 11.9 Å². The van der Waals surface area contributed by atoms with E-state index in [2.05, 4.69) is 73.2 Å². The first-order chi connectivity index (χ1) is 12.3. The Hall–Kier alpha value is -2.14. The predicted molar refractivity (Wildman–Crippen MR) is 107 cm³/mol. The lowest BCUT2D eigenvalue weighted by Crippen LogP contribution is -2.49. The highest BCUT2D eigenvalue weighted by Crippen LogP contribution is 2.35. The van der Waals surface area contributed by atoms with Gasteiger partial charge in [0.15, 0.2) is 0 Å². The third kappa shape index (κ3) is 3.83. The summed E-state index contributed by atoms with van der Waals surface area (Å²) in [6, 6.07) is 10.7. The quantitative estimate of drug-likeness (QED) is 0.857. The predicted octanol–water partition coefficient (Wildman–Crippen LogP) is 3.73. The Labute approximate surface area is 156 Å². The summed E-state index contributed by atoms with van der Waals surface area (Å²) in [5, 5.41) is 12.6. The van der Waals surface area contributed by atoms with Crippen molar-refractivity contribution in [2.45, 2.75) is 65.1 Å². The van der Waals surface area contributed by atoms with E-state index in [4.69, 9.17) is 4.98 Å². The van der Waals surface area contributed by atoms with Gasteiger partial charge < -0.3 is 15.3 Å². The van der Waals surface area contributed by atoms with Crippen molar-refractivity contribution in [3.8, 4) is 0 Å². The maximum atomic E-state index is 9.36. The fourth-order valence-corrected chi connectivity index (χ4v) is 3.44. The van der Waals surface area contributed by atoms with E-state index in [1.165, 1.54) is 11.1 Å². The fourth-order valence-electron chi connectivity index (χ4n) is 3.44. The van der Waals surface area contributed by atoms with Crippen molar-refractivity contribution in [1.29, 1.82) is 0 Å². The maximum Gasteiger partial charge on any atom is 0.225 e. The van der Waals surface area contributed by atoms with Gasteiger partial charge in [0.25, 0.3) is 0 Å². The lowest BCUT2D eigenvalue weighted by Gasteiger charge is -2.44. The number of benzene rings is 1. The SMILES string of the molecule is CC(C)c1cc(N2Cc3ccccc3CC2(C)C)nc(N[C@H](C)CO)n1. The fraction of sp³-hybridized carbons (Fsp3) is 0.524. The summed E-state index contributed by atoms with van der Waals surface area (Å²) in [5.41, 5.74) is 3.75. The number of aromatic nitrogens is 2. The normalized spacial score (nSPS) is 17.1. The number of nitrogens with one attached hydrogen (secondary N) is 1. The molecule has 0 saturated carbocycles. The monoisotopic (exact) mass is 354 g/mol. The van der Waals surface area contributed by atoms with Crippen LogP contribution in [0.5, 0.6) is 0 Å². The minimum Gasteiger partial charge on any atom is -0.394 e. The van der Waals surface area contributed by atoms with Crippen LogP contribution in [0.25, 0.3) is 0 Å². The maximum absolute atomic E-state index is 9.36. The molecule has 1 aromatic carbocycles. The van der Waals surface area contributed by atoms with Gasteiger partial charge in [0, 0.05) is 24.2 Å². The largest absolute Gasteiger partial charge is 0.394 e. The molecule has 0 radical (unpaired) electrons. The van der Waals surface area contributed by atoms with Crippen LogP contribution in [-0.4, -0.2) is 33.3 Å². The highest BCUT2D eigenvalue weighted by molar-refractivity contribution is 5.51. The molecule has 0 spiro atoms. The molecular weight excluding hydrogens is 324 g/mol. The molecule has 0 unspecified atom stereocenters. The number of nitrogens with zero attached hydrogens (tertiary/aromatic N) is 3. The van der Waals surface area contributed by atoms with Gasteiger partial charge in [-0.1, -0.05) is 38.1 Å². The minimum atomic E-state index is -0.0830. The molecular formula is C21H30N4O. The molecule has 1 aromatic heterocycles. The van der Waals surface area contributed by atoms with E-state index >= 15 is 0 Å². The lowest BCUT2D eigenvalue weighted by molar-refractivity contribution is 0.281. The van der Waals surface area contributed by atoms with Crippen LogP contribution in [-0.2, 0) is 13.0 Å². The molecule has 5 heteroatoms. The zero-order valence-corrected chi connectivity index (χ0v) is 16.5. The van der Waals surface area contributed by atoms with Crippen LogP contribution in [0, 0.1) is 0 Å². The number of rotatable bonds is 5. The highest BCUT2D eigenvalue weighted by Gasteiger charge is 2.34. The number of fused-ring (bicyclic) bond motifs is 1. The zero-order chi connectivity index (χ0) is 18.9. The topological polar surface area (TPSA) is 61.3 Å². The Bertz CT molecular complexity index is 772. The molecule has 0 amide bonds. The molecule has 1 aliphatic rings. The van der Waals surface area contributed by atoms with E-state index < -0.39 is 0 Å². The van der Waals surface area contributed by atoms with Gasteiger partial charge in [0.2, 0.25) is 5.95 Å². The van der Waals surface area contributed by atoms with Crippen molar-refractivity contribution < 1.29 is 5.11 Å². The zero-order valence-electron chi connectivity index (χ0n) is 16.5. The average molecular weight is 354 g/mol. The Kier molecular flexibility index (Phi) is 5.19. The van der Waals surface area contributed by atoms with Gasteiger partial charge in [-0.25, -0.2) is 4.98 Å². The summed E-state index contributed by atoms with van der Waals surface area (Å²) in [6.45, 7) is 11.6. The van der Waals surface area contributed by atoms with Crippen molar-refractivity contribution in [2.75, 3.05) is 16.8 Å². The molecule has 2 heterocycles. The van der Waals surface area contributed by atoms with Crippen LogP contribution < -0.4 is 10.2 Å². The molecule has 26 heavy (non-hydrogen) atoms. The molecule has 1 atom stereocenters. The van der Waals surface area contributed by atoms with E-state index in [1.54, 1.807) is 0 Å². The van der Waals surface area contributed by atoms with Crippen molar-refractivity contribution in [2.24, 2.45) is 0 Å². The number of aliphatic hydroxyl groups excluding tert-OH is 1. The summed E-state index contributed by atoms with van der Waals surface area (Å²) >= 11 is 0. The molecule has 2 N–H and O–H groups in total. The summed E-state index contributed by atoms with van der Waals surface area (Å²) in [4.78, 5) is 11.8.